The van der Waals surface area contributed by atoms with Crippen molar-refractivity contribution >= 4 is 17.2 Å². The second kappa shape index (κ2) is 7.04. The van der Waals surface area contributed by atoms with Gasteiger partial charge in [0, 0.05) is 29.3 Å². The van der Waals surface area contributed by atoms with Crippen LogP contribution < -0.4 is 5.32 Å². The lowest BCUT2D eigenvalue weighted by Crippen LogP contribution is -2.51. The molecule has 0 aliphatic carbocycles. The number of carbonyl (C=O) groups excluding carboxylic acids is 1. The summed E-state index contributed by atoms with van der Waals surface area (Å²) in [6.45, 7) is 3.36. The second-order valence-electron chi connectivity index (χ2n) is 7.88. The number of hydrogen-bond donors (Lipinski definition) is 1. The second-order valence-corrected chi connectivity index (χ2v) is 9.02. The molecule has 1 amide bonds. The van der Waals surface area contributed by atoms with Gasteiger partial charge >= 0.3 is 0 Å². The van der Waals surface area contributed by atoms with Crippen molar-refractivity contribution in [1.29, 1.82) is 0 Å². The first-order valence-corrected chi connectivity index (χ1v) is 10.9. The molecule has 2 fully saturated rings. The molecule has 4 nitrogen and oxygen atoms in total. The van der Waals surface area contributed by atoms with E-state index in [0.717, 1.165) is 58.3 Å². The number of carbonyl (C=O) groups is 1. The third-order valence-corrected chi connectivity index (χ3v) is 7.55. The molecule has 0 saturated carbocycles. The monoisotopic (exact) mass is 382 g/mol. The third kappa shape index (κ3) is 3.12. The third-order valence-electron chi connectivity index (χ3n) is 6.31. The number of likely N-dealkylation sites (tertiary alicyclic amines) is 1. The van der Waals surface area contributed by atoms with Gasteiger partial charge in [0.05, 0.1) is 18.2 Å². The molecule has 1 spiro atoms. The molecule has 142 valence electrons. The predicted octanol–water partition coefficient (Wildman–Crippen LogP) is 3.56. The van der Waals surface area contributed by atoms with Crippen LogP contribution in [0.5, 0.6) is 0 Å². The first-order chi connectivity index (χ1) is 13.3. The van der Waals surface area contributed by atoms with E-state index in [0.29, 0.717) is 0 Å². The minimum atomic E-state index is -0.197. The zero-order chi connectivity index (χ0) is 18.3. The minimum Gasteiger partial charge on any atom is -0.370 e. The van der Waals surface area contributed by atoms with Gasteiger partial charge in [-0.2, -0.15) is 0 Å². The van der Waals surface area contributed by atoms with Gasteiger partial charge in [-0.05, 0) is 49.4 Å². The summed E-state index contributed by atoms with van der Waals surface area (Å²) in [7, 11) is 0. The SMILES string of the molecule is O=C([C@@H]1CCCN1)N1CCC2(CC1)OCCc1sc(-c3ccccc3)cc12. The molecule has 0 radical (unpaired) electrons. The standard InChI is InChI=1S/C22H26N2O2S/c25-21(18-7-4-11-23-18)24-12-9-22(10-13-24)17-15-20(16-5-2-1-3-6-16)27-19(17)8-14-26-22/h1-3,5-6,15,18,23H,4,7-14H2/t18-/m0/s1. The van der Waals surface area contributed by atoms with Crippen LogP contribution in [0, 0.1) is 0 Å². The number of thiophene rings is 1. The summed E-state index contributed by atoms with van der Waals surface area (Å²) in [5.41, 5.74) is 2.47. The quantitative estimate of drug-likeness (QED) is 0.864. The summed E-state index contributed by atoms with van der Waals surface area (Å²) in [6.07, 6.45) is 4.90. The first kappa shape index (κ1) is 17.4. The van der Waals surface area contributed by atoms with Crippen LogP contribution in [-0.4, -0.2) is 43.1 Å². The highest BCUT2D eigenvalue weighted by Crippen LogP contribution is 2.46. The van der Waals surface area contributed by atoms with Crippen molar-refractivity contribution in [2.45, 2.75) is 43.7 Å². The number of ether oxygens (including phenoxy) is 1. The van der Waals surface area contributed by atoms with Crippen molar-refractivity contribution < 1.29 is 9.53 Å². The van der Waals surface area contributed by atoms with Gasteiger partial charge in [0.1, 0.15) is 0 Å². The molecule has 5 rings (SSSR count). The highest BCUT2D eigenvalue weighted by molar-refractivity contribution is 7.15. The van der Waals surface area contributed by atoms with Crippen molar-refractivity contribution in [3.8, 4) is 10.4 Å². The Balaban J connectivity index is 1.36. The lowest BCUT2D eigenvalue weighted by atomic mass is 9.82. The average Bonchev–Trinajstić information content (AvgIpc) is 3.40. The molecule has 3 aliphatic rings. The summed E-state index contributed by atoms with van der Waals surface area (Å²) in [5, 5.41) is 3.34. The lowest BCUT2D eigenvalue weighted by Gasteiger charge is -2.44. The van der Waals surface area contributed by atoms with E-state index < -0.39 is 0 Å². The number of benzene rings is 1. The zero-order valence-electron chi connectivity index (χ0n) is 15.6. The Kier molecular flexibility index (Phi) is 4.54. The zero-order valence-corrected chi connectivity index (χ0v) is 16.4. The van der Waals surface area contributed by atoms with Gasteiger partial charge in [0.2, 0.25) is 5.91 Å². The molecule has 2 aromatic rings. The van der Waals surface area contributed by atoms with Gasteiger partial charge in [-0.25, -0.2) is 0 Å². The Morgan fingerprint density at radius 3 is 2.78 bits per heavy atom. The van der Waals surface area contributed by atoms with E-state index in [-0.39, 0.29) is 17.6 Å². The maximum absolute atomic E-state index is 12.7. The van der Waals surface area contributed by atoms with Crippen molar-refractivity contribution in [3.05, 3.63) is 46.8 Å². The van der Waals surface area contributed by atoms with E-state index in [1.165, 1.54) is 20.9 Å². The largest absolute Gasteiger partial charge is 0.370 e. The molecule has 1 aromatic heterocycles. The fourth-order valence-electron chi connectivity index (χ4n) is 4.78. The van der Waals surface area contributed by atoms with Gasteiger partial charge in [0.15, 0.2) is 0 Å². The number of hydrogen-bond acceptors (Lipinski definition) is 4. The Hall–Kier alpha value is -1.69. The maximum Gasteiger partial charge on any atom is 0.239 e. The van der Waals surface area contributed by atoms with Crippen LogP contribution in [0.2, 0.25) is 0 Å². The van der Waals surface area contributed by atoms with Gasteiger partial charge in [-0.3, -0.25) is 4.79 Å². The molecular weight excluding hydrogens is 356 g/mol. The fourth-order valence-corrected chi connectivity index (χ4v) is 6.02. The molecule has 1 N–H and O–H groups in total. The molecule has 27 heavy (non-hydrogen) atoms. The number of rotatable bonds is 2. The van der Waals surface area contributed by atoms with E-state index in [1.807, 2.05) is 11.3 Å². The molecule has 4 heterocycles. The van der Waals surface area contributed by atoms with E-state index in [4.69, 9.17) is 4.74 Å². The molecule has 0 bridgehead atoms. The van der Waals surface area contributed by atoms with Crippen LogP contribution in [0.15, 0.2) is 36.4 Å². The van der Waals surface area contributed by atoms with Crippen LogP contribution in [-0.2, 0) is 21.6 Å². The lowest BCUT2D eigenvalue weighted by molar-refractivity contribution is -0.142. The number of amides is 1. The number of nitrogens with one attached hydrogen (secondary N) is 1. The van der Waals surface area contributed by atoms with Crippen LogP contribution in [0.4, 0.5) is 0 Å². The molecule has 3 aliphatic heterocycles. The Morgan fingerprint density at radius 1 is 1.22 bits per heavy atom. The fraction of sp³-hybridized carbons (Fsp3) is 0.500. The summed E-state index contributed by atoms with van der Waals surface area (Å²) in [4.78, 5) is 17.6. The maximum atomic E-state index is 12.7. The Bertz CT molecular complexity index is 818. The van der Waals surface area contributed by atoms with Crippen molar-refractivity contribution in [3.63, 3.8) is 0 Å². The smallest absolute Gasteiger partial charge is 0.239 e. The predicted molar refractivity (Wildman–Crippen MR) is 108 cm³/mol. The van der Waals surface area contributed by atoms with Crippen molar-refractivity contribution in [2.75, 3.05) is 26.2 Å². The van der Waals surface area contributed by atoms with Crippen molar-refractivity contribution in [1.82, 2.24) is 10.2 Å². The van der Waals surface area contributed by atoms with E-state index in [2.05, 4.69) is 46.6 Å². The Morgan fingerprint density at radius 2 is 2.04 bits per heavy atom. The van der Waals surface area contributed by atoms with Crippen LogP contribution in [0.3, 0.4) is 0 Å². The summed E-state index contributed by atoms with van der Waals surface area (Å²) >= 11 is 1.91. The Labute approximate surface area is 164 Å². The van der Waals surface area contributed by atoms with E-state index >= 15 is 0 Å². The van der Waals surface area contributed by atoms with Gasteiger partial charge < -0.3 is 15.0 Å². The summed E-state index contributed by atoms with van der Waals surface area (Å²) < 4.78 is 6.39. The average molecular weight is 383 g/mol. The highest BCUT2D eigenvalue weighted by Gasteiger charge is 2.43. The topological polar surface area (TPSA) is 41.6 Å². The summed E-state index contributed by atoms with van der Waals surface area (Å²) in [6, 6.07) is 13.0. The normalized spacial score (nSPS) is 24.1. The van der Waals surface area contributed by atoms with E-state index in [1.54, 1.807) is 0 Å². The highest BCUT2D eigenvalue weighted by atomic mass is 32.1. The molecule has 1 atom stereocenters. The molecule has 0 unspecified atom stereocenters. The van der Waals surface area contributed by atoms with Crippen LogP contribution in [0.25, 0.3) is 10.4 Å². The van der Waals surface area contributed by atoms with Gasteiger partial charge in [-0.1, -0.05) is 30.3 Å². The number of fused-ring (bicyclic) bond motifs is 2. The van der Waals surface area contributed by atoms with Crippen LogP contribution >= 0.6 is 11.3 Å². The van der Waals surface area contributed by atoms with Crippen LogP contribution in [0.1, 0.15) is 36.1 Å². The minimum absolute atomic E-state index is 0.0349. The number of piperidine rings is 1. The summed E-state index contributed by atoms with van der Waals surface area (Å²) in [5.74, 6) is 0.286. The number of nitrogens with zero attached hydrogens (tertiary/aromatic N) is 1. The van der Waals surface area contributed by atoms with Gasteiger partial charge in [0.25, 0.3) is 0 Å². The van der Waals surface area contributed by atoms with Crippen molar-refractivity contribution in [2.24, 2.45) is 0 Å². The van der Waals surface area contributed by atoms with Gasteiger partial charge in [-0.15, -0.1) is 11.3 Å². The van der Waals surface area contributed by atoms with E-state index in [9.17, 15) is 4.79 Å². The first-order valence-electron chi connectivity index (χ1n) is 10.1. The molecule has 5 heteroatoms. The molecule has 1 aromatic carbocycles. The molecular formula is C22H26N2O2S. The molecule has 2 saturated heterocycles.